The molecule has 1 aliphatic heterocycles. The Balaban J connectivity index is 1.79. The summed E-state index contributed by atoms with van der Waals surface area (Å²) in [4.78, 5) is 25.5. The van der Waals surface area contributed by atoms with Gasteiger partial charge in [0.1, 0.15) is 5.82 Å². The average Bonchev–Trinajstić information content (AvgIpc) is 2.47. The van der Waals surface area contributed by atoms with Gasteiger partial charge in [0, 0.05) is 31.7 Å². The lowest BCUT2D eigenvalue weighted by molar-refractivity contribution is -0.135. The third-order valence-corrected chi connectivity index (χ3v) is 3.25. The van der Waals surface area contributed by atoms with Crippen molar-refractivity contribution in [1.82, 2.24) is 10.2 Å². The van der Waals surface area contributed by atoms with Crippen LogP contribution in [0, 0.1) is 5.82 Å². The molecule has 1 heterocycles. The number of carbonyl (C=O) groups excluding carboxylic acids is 2. The molecule has 2 rings (SSSR count). The van der Waals surface area contributed by atoms with E-state index in [1.165, 1.54) is 12.1 Å². The summed E-state index contributed by atoms with van der Waals surface area (Å²) in [5.41, 5.74) is 5.86. The fourth-order valence-corrected chi connectivity index (χ4v) is 2.09. The van der Waals surface area contributed by atoms with Gasteiger partial charge >= 0.3 is 0 Å². The third kappa shape index (κ3) is 4.16. The van der Waals surface area contributed by atoms with E-state index < -0.39 is 11.7 Å². The number of hydrogen-bond acceptors (Lipinski definition) is 4. The zero-order valence-corrected chi connectivity index (χ0v) is 11.6. The molecule has 0 bridgehead atoms. The second-order valence-corrected chi connectivity index (χ2v) is 4.73. The quantitative estimate of drug-likeness (QED) is 0.787. The normalized spacial score (nSPS) is 14.8. The largest absolute Gasteiger partial charge is 0.398 e. The number of halogens is 1. The number of carbonyl (C=O) groups is 2. The van der Waals surface area contributed by atoms with Crippen LogP contribution in [0.25, 0.3) is 0 Å². The lowest BCUT2D eigenvalue weighted by Crippen LogP contribution is -2.42. The van der Waals surface area contributed by atoms with Crippen molar-refractivity contribution in [3.05, 3.63) is 29.6 Å². The highest BCUT2D eigenvalue weighted by Crippen LogP contribution is 2.13. The molecule has 1 aliphatic rings. The summed E-state index contributed by atoms with van der Waals surface area (Å²) in [5, 5.41) is 2.61. The van der Waals surface area contributed by atoms with Crippen LogP contribution in [-0.4, -0.2) is 49.6 Å². The Morgan fingerprint density at radius 2 is 2.05 bits per heavy atom. The Morgan fingerprint density at radius 1 is 1.33 bits per heavy atom. The Kier molecular flexibility index (Phi) is 5.10. The van der Waals surface area contributed by atoms with Gasteiger partial charge in [-0.3, -0.25) is 9.59 Å². The number of amides is 2. The molecule has 0 aromatic heterocycles. The smallest absolute Gasteiger partial charge is 0.253 e. The topological polar surface area (TPSA) is 84.7 Å². The van der Waals surface area contributed by atoms with Crippen LogP contribution < -0.4 is 11.1 Å². The Bertz CT molecular complexity index is 530. The minimum Gasteiger partial charge on any atom is -0.398 e. The fourth-order valence-electron chi connectivity index (χ4n) is 2.09. The van der Waals surface area contributed by atoms with Gasteiger partial charge in [-0.05, 0) is 18.2 Å². The molecule has 0 aliphatic carbocycles. The summed E-state index contributed by atoms with van der Waals surface area (Å²) >= 11 is 0. The number of anilines is 1. The number of nitrogens with zero attached hydrogens (tertiary/aromatic N) is 1. The maximum atomic E-state index is 12.9. The lowest BCUT2D eigenvalue weighted by atomic mass is 10.1. The molecule has 6 nitrogen and oxygen atoms in total. The van der Waals surface area contributed by atoms with Gasteiger partial charge < -0.3 is 20.7 Å². The first kappa shape index (κ1) is 15.2. The number of morpholine rings is 1. The molecule has 1 aromatic rings. The van der Waals surface area contributed by atoms with Crippen molar-refractivity contribution in [1.29, 1.82) is 0 Å². The highest BCUT2D eigenvalue weighted by atomic mass is 19.1. The van der Waals surface area contributed by atoms with Gasteiger partial charge in [-0.25, -0.2) is 4.39 Å². The summed E-state index contributed by atoms with van der Waals surface area (Å²) in [6, 6.07) is 3.59. The summed E-state index contributed by atoms with van der Waals surface area (Å²) in [6.07, 6.45) is 0.215. The van der Waals surface area contributed by atoms with Crippen molar-refractivity contribution >= 4 is 17.5 Å². The number of nitrogens with one attached hydrogen (secondary N) is 1. The SMILES string of the molecule is Nc1cc(F)ccc1C(=O)NCCC(=O)N1CCOCC1. The number of nitrogen functional groups attached to an aromatic ring is 1. The molecule has 0 radical (unpaired) electrons. The van der Waals surface area contributed by atoms with Crippen LogP contribution in [0.15, 0.2) is 18.2 Å². The summed E-state index contributed by atoms with van der Waals surface area (Å²) in [7, 11) is 0. The van der Waals surface area contributed by atoms with E-state index >= 15 is 0 Å². The zero-order chi connectivity index (χ0) is 15.2. The van der Waals surface area contributed by atoms with E-state index in [0.717, 1.165) is 6.07 Å². The molecule has 1 fully saturated rings. The van der Waals surface area contributed by atoms with Crippen LogP contribution in [0.5, 0.6) is 0 Å². The van der Waals surface area contributed by atoms with Crippen molar-refractivity contribution in [3.8, 4) is 0 Å². The monoisotopic (exact) mass is 295 g/mol. The molecule has 0 unspecified atom stereocenters. The molecular weight excluding hydrogens is 277 g/mol. The van der Waals surface area contributed by atoms with Crippen LogP contribution in [0.2, 0.25) is 0 Å². The minimum absolute atomic E-state index is 0.0225. The molecule has 3 N–H and O–H groups in total. The molecule has 1 saturated heterocycles. The molecule has 0 saturated carbocycles. The van der Waals surface area contributed by atoms with E-state index in [4.69, 9.17) is 10.5 Å². The van der Waals surface area contributed by atoms with Gasteiger partial charge in [0.15, 0.2) is 0 Å². The molecule has 114 valence electrons. The van der Waals surface area contributed by atoms with E-state index in [1.807, 2.05) is 0 Å². The van der Waals surface area contributed by atoms with Crippen LogP contribution in [0.4, 0.5) is 10.1 Å². The van der Waals surface area contributed by atoms with Crippen molar-refractivity contribution < 1.29 is 18.7 Å². The van der Waals surface area contributed by atoms with Crippen molar-refractivity contribution in [3.63, 3.8) is 0 Å². The second kappa shape index (κ2) is 7.03. The van der Waals surface area contributed by atoms with E-state index in [0.29, 0.717) is 26.3 Å². The summed E-state index contributed by atoms with van der Waals surface area (Å²) in [6.45, 7) is 2.47. The Hall–Kier alpha value is -2.15. The molecule has 0 spiro atoms. The first-order chi connectivity index (χ1) is 10.1. The predicted octanol–water partition coefficient (Wildman–Crippen LogP) is 0.387. The first-order valence-corrected chi connectivity index (χ1v) is 6.76. The molecule has 1 aromatic carbocycles. The van der Waals surface area contributed by atoms with E-state index in [2.05, 4.69) is 5.32 Å². The van der Waals surface area contributed by atoms with Gasteiger partial charge in [-0.2, -0.15) is 0 Å². The number of ether oxygens (including phenoxy) is 1. The van der Waals surface area contributed by atoms with Gasteiger partial charge in [-0.1, -0.05) is 0 Å². The van der Waals surface area contributed by atoms with Gasteiger partial charge in [-0.15, -0.1) is 0 Å². The number of hydrogen-bond donors (Lipinski definition) is 2. The Morgan fingerprint density at radius 3 is 2.71 bits per heavy atom. The van der Waals surface area contributed by atoms with Crippen molar-refractivity contribution in [2.45, 2.75) is 6.42 Å². The van der Waals surface area contributed by atoms with Gasteiger partial charge in [0.05, 0.1) is 18.8 Å². The number of nitrogens with two attached hydrogens (primary N) is 1. The average molecular weight is 295 g/mol. The van der Waals surface area contributed by atoms with Crippen LogP contribution in [-0.2, 0) is 9.53 Å². The van der Waals surface area contributed by atoms with E-state index in [9.17, 15) is 14.0 Å². The van der Waals surface area contributed by atoms with Crippen LogP contribution >= 0.6 is 0 Å². The summed E-state index contributed by atoms with van der Waals surface area (Å²) in [5.74, 6) is -0.931. The van der Waals surface area contributed by atoms with Crippen molar-refractivity contribution in [2.24, 2.45) is 0 Å². The fraction of sp³-hybridized carbons (Fsp3) is 0.429. The second-order valence-electron chi connectivity index (χ2n) is 4.73. The third-order valence-electron chi connectivity index (χ3n) is 3.25. The highest BCUT2D eigenvalue weighted by molar-refractivity contribution is 5.99. The maximum absolute atomic E-state index is 12.9. The van der Waals surface area contributed by atoms with Crippen molar-refractivity contribution in [2.75, 3.05) is 38.6 Å². The Labute approximate surface area is 122 Å². The highest BCUT2D eigenvalue weighted by Gasteiger charge is 2.17. The molecule has 7 heteroatoms. The van der Waals surface area contributed by atoms with E-state index in [1.54, 1.807) is 4.90 Å². The standard InChI is InChI=1S/C14H18FN3O3/c15-10-1-2-11(12(16)9-10)14(20)17-4-3-13(19)18-5-7-21-8-6-18/h1-2,9H,3-8,16H2,(H,17,20). The molecule has 0 atom stereocenters. The van der Waals surface area contributed by atoms with Crippen LogP contribution in [0.3, 0.4) is 0 Å². The predicted molar refractivity (Wildman–Crippen MR) is 75.2 cm³/mol. The first-order valence-electron chi connectivity index (χ1n) is 6.76. The van der Waals surface area contributed by atoms with Gasteiger partial charge in [0.25, 0.3) is 5.91 Å². The summed E-state index contributed by atoms with van der Waals surface area (Å²) < 4.78 is 18.1. The number of rotatable bonds is 4. The van der Waals surface area contributed by atoms with Crippen LogP contribution in [0.1, 0.15) is 16.8 Å². The minimum atomic E-state index is -0.494. The lowest BCUT2D eigenvalue weighted by Gasteiger charge is -2.26. The van der Waals surface area contributed by atoms with E-state index in [-0.39, 0.29) is 30.1 Å². The zero-order valence-electron chi connectivity index (χ0n) is 11.6. The number of benzene rings is 1. The molecule has 2 amide bonds. The van der Waals surface area contributed by atoms with Gasteiger partial charge in [0.2, 0.25) is 5.91 Å². The maximum Gasteiger partial charge on any atom is 0.253 e. The molecule has 21 heavy (non-hydrogen) atoms. The molecular formula is C14H18FN3O3.